The van der Waals surface area contributed by atoms with Crippen LogP contribution in [0.3, 0.4) is 0 Å². The lowest BCUT2D eigenvalue weighted by Crippen LogP contribution is -2.44. The first-order valence-corrected chi connectivity index (χ1v) is 5.74. The van der Waals surface area contributed by atoms with Crippen LogP contribution in [0.1, 0.15) is 17.2 Å². The van der Waals surface area contributed by atoms with Crippen LogP contribution in [0.4, 0.5) is 18.0 Å². The largest absolute Gasteiger partial charge is 0.405 e. The summed E-state index contributed by atoms with van der Waals surface area (Å²) < 4.78 is 35.9. The number of amides is 2. The average molecular weight is 274 g/mol. The molecule has 0 saturated heterocycles. The third-order valence-corrected chi connectivity index (χ3v) is 2.94. The molecule has 0 spiro atoms. The molecule has 2 rings (SSSR count). The van der Waals surface area contributed by atoms with Gasteiger partial charge in [-0.25, -0.2) is 4.79 Å². The number of fused-ring (bicyclic) bond motifs is 1. The Morgan fingerprint density at radius 1 is 1.37 bits per heavy atom. The van der Waals surface area contributed by atoms with Crippen LogP contribution < -0.4 is 10.6 Å². The molecule has 1 aromatic carbocycles. The minimum atomic E-state index is -4.45. The van der Waals surface area contributed by atoms with Crippen LogP contribution in [0, 0.1) is 0 Å². The van der Waals surface area contributed by atoms with Gasteiger partial charge in [0.15, 0.2) is 0 Å². The molecule has 0 heterocycles. The minimum Gasteiger partial charge on any atom is -0.390 e. The van der Waals surface area contributed by atoms with Crippen molar-refractivity contribution in [2.24, 2.45) is 0 Å². The molecular formula is C12H13F3N2O2. The number of benzene rings is 1. The number of hydrogen-bond acceptors (Lipinski definition) is 2. The van der Waals surface area contributed by atoms with E-state index in [-0.39, 0.29) is 0 Å². The molecule has 7 heteroatoms. The summed E-state index contributed by atoms with van der Waals surface area (Å²) in [5, 5.41) is 13.9. The number of aliphatic hydroxyl groups is 1. The maximum atomic E-state index is 12.0. The van der Waals surface area contributed by atoms with Gasteiger partial charge in [0.05, 0.1) is 12.1 Å². The van der Waals surface area contributed by atoms with Crippen molar-refractivity contribution in [1.29, 1.82) is 0 Å². The number of nitrogens with one attached hydrogen (secondary N) is 2. The van der Waals surface area contributed by atoms with Crippen LogP contribution in [0.2, 0.25) is 0 Å². The van der Waals surface area contributed by atoms with E-state index in [1.54, 1.807) is 23.5 Å². The van der Waals surface area contributed by atoms with Crippen molar-refractivity contribution in [3.8, 4) is 0 Å². The number of hydrogen-bond donors (Lipinski definition) is 3. The third kappa shape index (κ3) is 3.37. The van der Waals surface area contributed by atoms with Crippen LogP contribution in [0.15, 0.2) is 24.3 Å². The van der Waals surface area contributed by atoms with Crippen LogP contribution >= 0.6 is 0 Å². The fraction of sp³-hybridized carbons (Fsp3) is 0.417. The van der Waals surface area contributed by atoms with Gasteiger partial charge in [-0.3, -0.25) is 0 Å². The molecule has 19 heavy (non-hydrogen) atoms. The topological polar surface area (TPSA) is 61.4 Å². The second-order valence-electron chi connectivity index (χ2n) is 4.39. The zero-order chi connectivity index (χ0) is 14.0. The molecular weight excluding hydrogens is 261 g/mol. The first-order chi connectivity index (χ1) is 8.87. The summed E-state index contributed by atoms with van der Waals surface area (Å²) in [5.74, 6) is 0. The number of urea groups is 1. The highest BCUT2D eigenvalue weighted by Gasteiger charge is 2.33. The van der Waals surface area contributed by atoms with E-state index in [2.05, 4.69) is 5.32 Å². The molecule has 3 N–H and O–H groups in total. The van der Waals surface area contributed by atoms with Gasteiger partial charge in [-0.05, 0) is 11.1 Å². The fourth-order valence-electron chi connectivity index (χ4n) is 2.12. The van der Waals surface area contributed by atoms with Gasteiger partial charge in [-0.1, -0.05) is 24.3 Å². The lowest BCUT2D eigenvalue weighted by atomic mass is 10.1. The van der Waals surface area contributed by atoms with Gasteiger partial charge >= 0.3 is 12.2 Å². The Bertz CT molecular complexity index is 476. The lowest BCUT2D eigenvalue weighted by Gasteiger charge is -2.18. The van der Waals surface area contributed by atoms with Gasteiger partial charge in [0, 0.05) is 6.42 Å². The second-order valence-corrected chi connectivity index (χ2v) is 4.39. The normalized spacial score (nSPS) is 21.9. The number of halogens is 3. The predicted octanol–water partition coefficient (Wildman–Crippen LogP) is 1.51. The van der Waals surface area contributed by atoms with Crippen LogP contribution in [-0.2, 0) is 6.42 Å². The van der Waals surface area contributed by atoms with E-state index in [1.807, 2.05) is 6.07 Å². The summed E-state index contributed by atoms with van der Waals surface area (Å²) in [4.78, 5) is 11.4. The molecule has 0 bridgehead atoms. The Morgan fingerprint density at radius 3 is 2.74 bits per heavy atom. The molecule has 1 aliphatic rings. The molecule has 2 atom stereocenters. The quantitative estimate of drug-likeness (QED) is 0.765. The molecule has 104 valence electrons. The van der Waals surface area contributed by atoms with Gasteiger partial charge in [0.2, 0.25) is 0 Å². The summed E-state index contributed by atoms with van der Waals surface area (Å²) in [6, 6.07) is 5.48. The molecule has 2 amide bonds. The van der Waals surface area contributed by atoms with Crippen LogP contribution in [-0.4, -0.2) is 30.0 Å². The van der Waals surface area contributed by atoms with Crippen molar-refractivity contribution in [2.45, 2.75) is 24.7 Å². The summed E-state index contributed by atoms with van der Waals surface area (Å²) in [6.07, 6.45) is -4.90. The molecule has 0 fully saturated rings. The Kier molecular flexibility index (Phi) is 3.66. The first kappa shape index (κ1) is 13.7. The van der Waals surface area contributed by atoms with E-state index in [0.29, 0.717) is 6.42 Å². The molecule has 0 radical (unpaired) electrons. The summed E-state index contributed by atoms with van der Waals surface area (Å²) in [7, 11) is 0. The Hall–Kier alpha value is -1.76. The van der Waals surface area contributed by atoms with Gasteiger partial charge < -0.3 is 15.7 Å². The average Bonchev–Trinajstić information content (AvgIpc) is 2.63. The van der Waals surface area contributed by atoms with E-state index >= 15 is 0 Å². The molecule has 2 unspecified atom stereocenters. The number of rotatable bonds is 2. The van der Waals surface area contributed by atoms with Crippen molar-refractivity contribution >= 4 is 6.03 Å². The SMILES string of the molecule is O=C(NCC(F)(F)F)NC1c2ccccc2CC1O. The molecule has 0 aromatic heterocycles. The maximum Gasteiger partial charge on any atom is 0.405 e. The fourth-order valence-corrected chi connectivity index (χ4v) is 2.12. The monoisotopic (exact) mass is 274 g/mol. The molecule has 4 nitrogen and oxygen atoms in total. The predicted molar refractivity (Wildman–Crippen MR) is 61.5 cm³/mol. The van der Waals surface area contributed by atoms with E-state index in [0.717, 1.165) is 11.1 Å². The van der Waals surface area contributed by atoms with Crippen LogP contribution in [0.25, 0.3) is 0 Å². The zero-order valence-corrected chi connectivity index (χ0v) is 9.87. The van der Waals surface area contributed by atoms with E-state index in [9.17, 15) is 23.1 Å². The Morgan fingerprint density at radius 2 is 2.05 bits per heavy atom. The van der Waals surface area contributed by atoms with Gasteiger partial charge in [0.25, 0.3) is 0 Å². The highest BCUT2D eigenvalue weighted by molar-refractivity contribution is 5.74. The van der Waals surface area contributed by atoms with E-state index < -0.39 is 30.9 Å². The Labute approximate surface area is 107 Å². The zero-order valence-electron chi connectivity index (χ0n) is 9.87. The highest BCUT2D eigenvalue weighted by atomic mass is 19.4. The molecule has 0 aliphatic heterocycles. The molecule has 0 saturated carbocycles. The molecule has 1 aromatic rings. The van der Waals surface area contributed by atoms with Gasteiger partial charge in [-0.2, -0.15) is 13.2 Å². The summed E-state index contributed by atoms with van der Waals surface area (Å²) >= 11 is 0. The van der Waals surface area contributed by atoms with Crippen molar-refractivity contribution < 1.29 is 23.1 Å². The Balaban J connectivity index is 1.98. The number of carbonyl (C=O) groups excluding carboxylic acids is 1. The minimum absolute atomic E-state index is 0.375. The van der Waals surface area contributed by atoms with Crippen molar-refractivity contribution in [3.05, 3.63) is 35.4 Å². The van der Waals surface area contributed by atoms with Crippen molar-refractivity contribution in [2.75, 3.05) is 6.54 Å². The smallest absolute Gasteiger partial charge is 0.390 e. The number of aliphatic hydroxyl groups excluding tert-OH is 1. The lowest BCUT2D eigenvalue weighted by molar-refractivity contribution is -0.122. The second kappa shape index (κ2) is 5.08. The molecule has 1 aliphatic carbocycles. The highest BCUT2D eigenvalue weighted by Crippen LogP contribution is 2.31. The standard InChI is InChI=1S/C12H13F3N2O2/c13-12(14,15)6-16-11(19)17-10-8-4-2-1-3-7(8)5-9(10)18/h1-4,9-10,18H,5-6H2,(H2,16,17,19). The van der Waals surface area contributed by atoms with Gasteiger partial charge in [0.1, 0.15) is 6.54 Å². The van der Waals surface area contributed by atoms with Crippen molar-refractivity contribution in [1.82, 2.24) is 10.6 Å². The summed E-state index contributed by atoms with van der Waals surface area (Å²) in [6.45, 7) is -1.40. The van der Waals surface area contributed by atoms with E-state index in [4.69, 9.17) is 0 Å². The maximum absolute atomic E-state index is 12.0. The van der Waals surface area contributed by atoms with Crippen LogP contribution in [0.5, 0.6) is 0 Å². The summed E-state index contributed by atoms with van der Waals surface area (Å²) in [5.41, 5.74) is 1.62. The first-order valence-electron chi connectivity index (χ1n) is 5.74. The van der Waals surface area contributed by atoms with Crippen molar-refractivity contribution in [3.63, 3.8) is 0 Å². The van der Waals surface area contributed by atoms with Gasteiger partial charge in [-0.15, -0.1) is 0 Å². The third-order valence-electron chi connectivity index (χ3n) is 2.94. The van der Waals surface area contributed by atoms with E-state index in [1.165, 1.54) is 0 Å². The number of carbonyl (C=O) groups is 1. The number of alkyl halides is 3.